The van der Waals surface area contributed by atoms with Gasteiger partial charge in [-0.3, -0.25) is 0 Å². The highest BCUT2D eigenvalue weighted by molar-refractivity contribution is 7.22. The van der Waals surface area contributed by atoms with Gasteiger partial charge in [-0.05, 0) is 49.7 Å². The van der Waals surface area contributed by atoms with Gasteiger partial charge in [-0.15, -0.1) is 11.3 Å². The SMILES string of the molecule is CCN(CC)c1ncnc2cc(-c3ccc(OC)cc3)sc12. The van der Waals surface area contributed by atoms with E-state index in [1.165, 1.54) is 10.4 Å². The van der Waals surface area contributed by atoms with Gasteiger partial charge in [0.1, 0.15) is 17.9 Å². The van der Waals surface area contributed by atoms with Crippen molar-refractivity contribution in [2.24, 2.45) is 0 Å². The largest absolute Gasteiger partial charge is 0.497 e. The van der Waals surface area contributed by atoms with Gasteiger partial charge in [0, 0.05) is 18.0 Å². The van der Waals surface area contributed by atoms with Crippen LogP contribution in [0, 0.1) is 0 Å². The fourth-order valence-electron chi connectivity index (χ4n) is 2.49. The van der Waals surface area contributed by atoms with Gasteiger partial charge in [0.25, 0.3) is 0 Å². The average Bonchev–Trinajstić information content (AvgIpc) is 3.01. The third-order valence-corrected chi connectivity index (χ3v) is 4.90. The van der Waals surface area contributed by atoms with Crippen molar-refractivity contribution < 1.29 is 4.74 Å². The molecular formula is C17H19N3OS. The molecule has 0 aliphatic carbocycles. The molecule has 0 N–H and O–H groups in total. The number of thiophene rings is 1. The summed E-state index contributed by atoms with van der Waals surface area (Å²) in [7, 11) is 1.68. The van der Waals surface area contributed by atoms with Gasteiger partial charge in [0.15, 0.2) is 0 Å². The highest BCUT2D eigenvalue weighted by Crippen LogP contribution is 2.37. The number of anilines is 1. The number of hydrogen-bond donors (Lipinski definition) is 0. The Morgan fingerprint density at radius 3 is 2.45 bits per heavy atom. The van der Waals surface area contributed by atoms with E-state index < -0.39 is 0 Å². The average molecular weight is 313 g/mol. The Labute approximate surface area is 134 Å². The molecule has 0 fully saturated rings. The Bertz CT molecular complexity index is 763. The zero-order chi connectivity index (χ0) is 15.5. The minimum atomic E-state index is 0.869. The topological polar surface area (TPSA) is 38.2 Å². The summed E-state index contributed by atoms with van der Waals surface area (Å²) in [5.41, 5.74) is 2.18. The number of fused-ring (bicyclic) bond motifs is 1. The maximum atomic E-state index is 5.22. The quantitative estimate of drug-likeness (QED) is 0.707. The van der Waals surface area contributed by atoms with Gasteiger partial charge in [-0.1, -0.05) is 0 Å². The Balaban J connectivity index is 2.07. The summed E-state index contributed by atoms with van der Waals surface area (Å²) in [5.74, 6) is 1.90. The van der Waals surface area contributed by atoms with E-state index in [0.717, 1.165) is 34.9 Å². The van der Waals surface area contributed by atoms with Crippen LogP contribution in [0.2, 0.25) is 0 Å². The first-order valence-corrected chi connectivity index (χ1v) is 8.22. The summed E-state index contributed by atoms with van der Waals surface area (Å²) in [6.45, 7) is 6.18. The van der Waals surface area contributed by atoms with E-state index in [-0.39, 0.29) is 0 Å². The summed E-state index contributed by atoms with van der Waals surface area (Å²) in [6.07, 6.45) is 1.65. The number of methoxy groups -OCH3 is 1. The Hall–Kier alpha value is -2.14. The first-order chi connectivity index (χ1) is 10.8. The van der Waals surface area contributed by atoms with Gasteiger partial charge >= 0.3 is 0 Å². The van der Waals surface area contributed by atoms with Crippen molar-refractivity contribution in [3.63, 3.8) is 0 Å². The third-order valence-electron chi connectivity index (χ3n) is 3.73. The fraction of sp³-hybridized carbons (Fsp3) is 0.294. The van der Waals surface area contributed by atoms with E-state index >= 15 is 0 Å². The normalized spacial score (nSPS) is 10.9. The van der Waals surface area contributed by atoms with Crippen molar-refractivity contribution >= 4 is 27.4 Å². The fourth-order valence-corrected chi connectivity index (χ4v) is 3.62. The van der Waals surface area contributed by atoms with Gasteiger partial charge < -0.3 is 9.64 Å². The number of benzene rings is 1. The number of nitrogens with zero attached hydrogens (tertiary/aromatic N) is 3. The molecule has 2 aromatic heterocycles. The van der Waals surface area contributed by atoms with E-state index in [2.05, 4.69) is 46.9 Å². The molecule has 0 radical (unpaired) electrons. The molecule has 3 aromatic rings. The Kier molecular flexibility index (Phi) is 4.24. The minimum Gasteiger partial charge on any atom is -0.497 e. The van der Waals surface area contributed by atoms with Crippen molar-refractivity contribution in [1.82, 2.24) is 9.97 Å². The van der Waals surface area contributed by atoms with Crippen LogP contribution in [-0.4, -0.2) is 30.2 Å². The van der Waals surface area contributed by atoms with Crippen molar-refractivity contribution in [3.05, 3.63) is 36.7 Å². The standard InChI is InChI=1S/C17H19N3OS/c1-4-20(5-2)17-16-14(18-11-19-17)10-15(22-16)12-6-8-13(21-3)9-7-12/h6-11H,4-5H2,1-3H3. The predicted molar refractivity (Wildman–Crippen MR) is 93.0 cm³/mol. The molecule has 0 spiro atoms. The second kappa shape index (κ2) is 6.32. The van der Waals surface area contributed by atoms with Crippen LogP contribution < -0.4 is 9.64 Å². The van der Waals surface area contributed by atoms with Crippen LogP contribution in [0.15, 0.2) is 36.7 Å². The summed E-state index contributed by atoms with van der Waals surface area (Å²) in [5, 5.41) is 0. The van der Waals surface area contributed by atoms with Crippen LogP contribution in [0.4, 0.5) is 5.82 Å². The van der Waals surface area contributed by atoms with Gasteiger partial charge in [0.05, 0.1) is 17.3 Å². The first-order valence-electron chi connectivity index (χ1n) is 7.40. The summed E-state index contributed by atoms with van der Waals surface area (Å²) >= 11 is 1.74. The molecule has 4 nitrogen and oxygen atoms in total. The van der Waals surface area contributed by atoms with Crippen molar-refractivity contribution in [3.8, 4) is 16.2 Å². The van der Waals surface area contributed by atoms with Crippen LogP contribution in [0.5, 0.6) is 5.75 Å². The van der Waals surface area contributed by atoms with Gasteiger partial charge in [-0.25, -0.2) is 9.97 Å². The number of hydrogen-bond acceptors (Lipinski definition) is 5. The van der Waals surface area contributed by atoms with Crippen LogP contribution >= 0.6 is 11.3 Å². The van der Waals surface area contributed by atoms with E-state index in [1.807, 2.05) is 12.1 Å². The molecule has 0 atom stereocenters. The molecule has 22 heavy (non-hydrogen) atoms. The molecule has 5 heteroatoms. The molecular weight excluding hydrogens is 294 g/mol. The highest BCUT2D eigenvalue weighted by atomic mass is 32.1. The van der Waals surface area contributed by atoms with E-state index in [0.29, 0.717) is 0 Å². The lowest BCUT2D eigenvalue weighted by atomic mass is 10.2. The molecule has 0 aliphatic rings. The molecule has 3 rings (SSSR count). The van der Waals surface area contributed by atoms with E-state index in [4.69, 9.17) is 4.74 Å². The second-order valence-electron chi connectivity index (χ2n) is 4.92. The molecule has 2 heterocycles. The molecule has 0 saturated carbocycles. The predicted octanol–water partition coefficient (Wildman–Crippen LogP) is 4.21. The van der Waals surface area contributed by atoms with Crippen molar-refractivity contribution in [2.45, 2.75) is 13.8 Å². The molecule has 0 bridgehead atoms. The first kappa shape index (κ1) is 14.8. The zero-order valence-corrected chi connectivity index (χ0v) is 13.9. The number of ether oxygens (including phenoxy) is 1. The third kappa shape index (κ3) is 2.64. The lowest BCUT2D eigenvalue weighted by Crippen LogP contribution is -2.22. The Morgan fingerprint density at radius 2 is 1.82 bits per heavy atom. The van der Waals surface area contributed by atoms with Gasteiger partial charge in [0.2, 0.25) is 0 Å². The maximum absolute atomic E-state index is 5.22. The van der Waals surface area contributed by atoms with Crippen LogP contribution in [0.3, 0.4) is 0 Å². The van der Waals surface area contributed by atoms with Crippen LogP contribution in [0.1, 0.15) is 13.8 Å². The lowest BCUT2D eigenvalue weighted by Gasteiger charge is -2.19. The van der Waals surface area contributed by atoms with Crippen LogP contribution in [0.25, 0.3) is 20.7 Å². The van der Waals surface area contributed by atoms with E-state index in [1.54, 1.807) is 24.8 Å². The molecule has 1 aromatic carbocycles. The van der Waals surface area contributed by atoms with Crippen molar-refractivity contribution in [1.29, 1.82) is 0 Å². The van der Waals surface area contributed by atoms with Crippen LogP contribution in [-0.2, 0) is 0 Å². The smallest absolute Gasteiger partial charge is 0.150 e. The summed E-state index contributed by atoms with van der Waals surface area (Å²) in [6, 6.07) is 10.3. The van der Waals surface area contributed by atoms with Gasteiger partial charge in [-0.2, -0.15) is 0 Å². The highest BCUT2D eigenvalue weighted by Gasteiger charge is 2.13. The second-order valence-corrected chi connectivity index (χ2v) is 5.98. The monoisotopic (exact) mass is 313 g/mol. The minimum absolute atomic E-state index is 0.869. The number of rotatable bonds is 5. The molecule has 114 valence electrons. The van der Waals surface area contributed by atoms with Crippen molar-refractivity contribution in [2.75, 3.05) is 25.1 Å². The summed E-state index contributed by atoms with van der Waals surface area (Å²) < 4.78 is 6.37. The Morgan fingerprint density at radius 1 is 1.09 bits per heavy atom. The lowest BCUT2D eigenvalue weighted by molar-refractivity contribution is 0.415. The molecule has 0 aliphatic heterocycles. The zero-order valence-electron chi connectivity index (χ0n) is 13.0. The maximum Gasteiger partial charge on any atom is 0.150 e. The molecule has 0 saturated heterocycles. The number of aromatic nitrogens is 2. The summed E-state index contributed by atoms with van der Waals surface area (Å²) in [4.78, 5) is 12.4. The molecule has 0 amide bonds. The van der Waals surface area contributed by atoms with E-state index in [9.17, 15) is 0 Å². The molecule has 0 unspecified atom stereocenters.